The van der Waals surface area contributed by atoms with Crippen molar-refractivity contribution in [2.75, 3.05) is 20.3 Å². The molecule has 2 rings (SSSR count). The molecule has 0 saturated heterocycles. The number of nitrogens with zero attached hydrogens (tertiary/aromatic N) is 1. The van der Waals surface area contributed by atoms with E-state index < -0.39 is 6.04 Å². The highest BCUT2D eigenvalue weighted by atomic mass is 16.5. The van der Waals surface area contributed by atoms with E-state index in [1.165, 1.54) is 0 Å². The number of benzene rings is 2. The molecule has 7 heteroatoms. The summed E-state index contributed by atoms with van der Waals surface area (Å²) >= 11 is 0. The number of aryl methyl sites for hydroxylation is 1. The molecule has 0 saturated carbocycles. The molecule has 7 nitrogen and oxygen atoms in total. The predicted molar refractivity (Wildman–Crippen MR) is 143 cm³/mol. The van der Waals surface area contributed by atoms with Crippen molar-refractivity contribution < 1.29 is 23.8 Å². The van der Waals surface area contributed by atoms with Crippen molar-refractivity contribution in [3.63, 3.8) is 0 Å². The average Bonchev–Trinajstić information content (AvgIpc) is 2.89. The maximum atomic E-state index is 13.5. The van der Waals surface area contributed by atoms with E-state index in [1.807, 2.05) is 77.1 Å². The molecule has 2 atom stereocenters. The molecule has 0 heterocycles. The van der Waals surface area contributed by atoms with E-state index in [1.54, 1.807) is 12.0 Å². The lowest BCUT2D eigenvalue weighted by atomic mass is 10.0. The zero-order chi connectivity index (χ0) is 26.5. The molecule has 198 valence electrons. The first-order valence-corrected chi connectivity index (χ1v) is 13.0. The van der Waals surface area contributed by atoms with Crippen molar-refractivity contribution >= 4 is 11.8 Å². The molecule has 0 spiro atoms. The topological polar surface area (TPSA) is 77.1 Å². The van der Waals surface area contributed by atoms with Crippen molar-refractivity contribution in [1.29, 1.82) is 0 Å². The smallest absolute Gasteiger partial charge is 0.243 e. The number of methoxy groups -OCH3 is 1. The van der Waals surface area contributed by atoms with Crippen LogP contribution in [0, 0.1) is 0 Å². The van der Waals surface area contributed by atoms with Crippen LogP contribution in [0.2, 0.25) is 0 Å². The zero-order valence-corrected chi connectivity index (χ0v) is 22.6. The van der Waals surface area contributed by atoms with Crippen LogP contribution in [0.3, 0.4) is 0 Å². The third kappa shape index (κ3) is 8.47. The van der Waals surface area contributed by atoms with Gasteiger partial charge in [0.15, 0.2) is 11.5 Å². The molecule has 2 amide bonds. The summed E-state index contributed by atoms with van der Waals surface area (Å²) in [7, 11) is 1.62. The lowest BCUT2D eigenvalue weighted by Crippen LogP contribution is -2.50. The Morgan fingerprint density at radius 2 is 1.53 bits per heavy atom. The summed E-state index contributed by atoms with van der Waals surface area (Å²) in [5, 5.41) is 3.05. The van der Waals surface area contributed by atoms with E-state index in [-0.39, 0.29) is 24.3 Å². The van der Waals surface area contributed by atoms with Gasteiger partial charge in [-0.1, -0.05) is 32.0 Å². The number of ether oxygens (including phenoxy) is 3. The highest BCUT2D eigenvalue weighted by molar-refractivity contribution is 5.88. The second kappa shape index (κ2) is 15.0. The van der Waals surface area contributed by atoms with Crippen LogP contribution in [0.15, 0.2) is 42.5 Å². The second-order valence-corrected chi connectivity index (χ2v) is 8.76. The number of hydrogen-bond donors (Lipinski definition) is 1. The quantitative estimate of drug-likeness (QED) is 0.368. The molecule has 0 aliphatic carbocycles. The van der Waals surface area contributed by atoms with Crippen LogP contribution in [-0.2, 0) is 22.6 Å². The number of hydrogen-bond acceptors (Lipinski definition) is 5. The van der Waals surface area contributed by atoms with E-state index in [9.17, 15) is 9.59 Å². The fourth-order valence-electron chi connectivity index (χ4n) is 3.93. The summed E-state index contributed by atoms with van der Waals surface area (Å²) in [5.41, 5.74) is 1.93. The third-order valence-corrected chi connectivity index (χ3v) is 6.13. The predicted octanol–water partition coefficient (Wildman–Crippen LogP) is 5.15. The zero-order valence-electron chi connectivity index (χ0n) is 22.6. The Bertz CT molecular complexity index is 961. The summed E-state index contributed by atoms with van der Waals surface area (Å²) < 4.78 is 16.6. The summed E-state index contributed by atoms with van der Waals surface area (Å²) in [6, 6.07) is 12.9. The van der Waals surface area contributed by atoms with Crippen LogP contribution in [0.5, 0.6) is 17.2 Å². The minimum absolute atomic E-state index is 0.0466. The molecule has 0 bridgehead atoms. The lowest BCUT2D eigenvalue weighted by molar-refractivity contribution is -0.141. The molecule has 0 aliphatic rings. The number of amides is 2. The van der Waals surface area contributed by atoms with Crippen LogP contribution >= 0.6 is 0 Å². The fraction of sp³-hybridized carbons (Fsp3) is 0.517. The van der Waals surface area contributed by atoms with E-state index in [4.69, 9.17) is 14.2 Å². The van der Waals surface area contributed by atoms with Crippen LogP contribution in [-0.4, -0.2) is 49.1 Å². The molecule has 2 aromatic rings. The van der Waals surface area contributed by atoms with E-state index in [2.05, 4.69) is 5.32 Å². The van der Waals surface area contributed by atoms with Gasteiger partial charge in [0, 0.05) is 19.0 Å². The maximum Gasteiger partial charge on any atom is 0.243 e. The van der Waals surface area contributed by atoms with Gasteiger partial charge in [0.2, 0.25) is 11.8 Å². The number of carbonyl (C=O) groups is 2. The van der Waals surface area contributed by atoms with E-state index in [0.29, 0.717) is 44.1 Å². The Morgan fingerprint density at radius 1 is 0.889 bits per heavy atom. The molecule has 2 aromatic carbocycles. The maximum absolute atomic E-state index is 13.5. The van der Waals surface area contributed by atoms with Gasteiger partial charge in [-0.05, 0) is 75.4 Å². The molecular formula is C29H42N2O5. The summed E-state index contributed by atoms with van der Waals surface area (Å²) in [5.74, 6) is 1.94. The largest absolute Gasteiger partial charge is 0.497 e. The fourth-order valence-corrected chi connectivity index (χ4v) is 3.93. The Balaban J connectivity index is 2.24. The van der Waals surface area contributed by atoms with Crippen LogP contribution in [0.1, 0.15) is 65.0 Å². The van der Waals surface area contributed by atoms with E-state index >= 15 is 0 Å². The van der Waals surface area contributed by atoms with Crippen LogP contribution in [0.25, 0.3) is 0 Å². The molecular weight excluding hydrogens is 456 g/mol. The number of carbonyl (C=O) groups excluding carboxylic acids is 2. The summed E-state index contributed by atoms with van der Waals surface area (Å²) in [6.07, 6.45) is 2.17. The number of nitrogens with one attached hydrogen (secondary N) is 1. The molecule has 36 heavy (non-hydrogen) atoms. The standard InChI is InChI=1S/C29H42N2O5/c1-7-21(5)30-29(33)25(8-2)31(20-23-11-15-24(34-6)16-12-23)28(32)18-14-22-13-17-26(35-9-3)27(19-22)36-10-4/h11-13,15-17,19,21,25H,7-10,14,18,20H2,1-6H3,(H,30,33)/t21-,25+/m0/s1. The van der Waals surface area contributed by atoms with Crippen molar-refractivity contribution in [2.45, 2.75) is 78.9 Å². The monoisotopic (exact) mass is 498 g/mol. The van der Waals surface area contributed by atoms with Gasteiger partial charge < -0.3 is 24.4 Å². The van der Waals surface area contributed by atoms with Crippen LogP contribution in [0.4, 0.5) is 0 Å². The highest BCUT2D eigenvalue weighted by Crippen LogP contribution is 2.29. The molecule has 0 radical (unpaired) electrons. The average molecular weight is 499 g/mol. The lowest BCUT2D eigenvalue weighted by Gasteiger charge is -2.31. The van der Waals surface area contributed by atoms with Gasteiger partial charge in [-0.3, -0.25) is 9.59 Å². The SMILES string of the molecule is CCOc1ccc(CCC(=O)N(Cc2ccc(OC)cc2)[C@H](CC)C(=O)N[C@@H](C)CC)cc1OCC. The number of rotatable bonds is 15. The molecule has 1 N–H and O–H groups in total. The first kappa shape index (κ1) is 29.0. The second-order valence-electron chi connectivity index (χ2n) is 8.76. The van der Waals surface area contributed by atoms with Gasteiger partial charge in [0.1, 0.15) is 11.8 Å². The Hall–Kier alpha value is -3.22. The molecule has 0 unspecified atom stereocenters. The van der Waals surface area contributed by atoms with Crippen molar-refractivity contribution in [1.82, 2.24) is 10.2 Å². The molecule has 0 aliphatic heterocycles. The van der Waals surface area contributed by atoms with Gasteiger partial charge in [-0.15, -0.1) is 0 Å². The van der Waals surface area contributed by atoms with Crippen molar-refractivity contribution in [2.24, 2.45) is 0 Å². The van der Waals surface area contributed by atoms with Gasteiger partial charge in [-0.25, -0.2) is 0 Å². The first-order valence-electron chi connectivity index (χ1n) is 13.0. The van der Waals surface area contributed by atoms with Crippen molar-refractivity contribution in [3.05, 3.63) is 53.6 Å². The van der Waals surface area contributed by atoms with Crippen molar-refractivity contribution in [3.8, 4) is 17.2 Å². The Kier molecular flexibility index (Phi) is 12.1. The molecule has 0 aromatic heterocycles. The van der Waals surface area contributed by atoms with Gasteiger partial charge in [0.25, 0.3) is 0 Å². The van der Waals surface area contributed by atoms with Gasteiger partial charge >= 0.3 is 0 Å². The minimum Gasteiger partial charge on any atom is -0.497 e. The summed E-state index contributed by atoms with van der Waals surface area (Å²) in [6.45, 7) is 11.2. The minimum atomic E-state index is -0.548. The normalized spacial score (nSPS) is 12.4. The molecule has 0 fully saturated rings. The third-order valence-electron chi connectivity index (χ3n) is 6.13. The first-order chi connectivity index (χ1) is 17.4. The highest BCUT2D eigenvalue weighted by Gasteiger charge is 2.29. The Morgan fingerprint density at radius 3 is 2.11 bits per heavy atom. The Labute approximate surface area is 216 Å². The van der Waals surface area contributed by atoms with Gasteiger partial charge in [-0.2, -0.15) is 0 Å². The summed E-state index contributed by atoms with van der Waals surface area (Å²) in [4.78, 5) is 28.4. The van der Waals surface area contributed by atoms with E-state index in [0.717, 1.165) is 23.3 Å². The van der Waals surface area contributed by atoms with Crippen LogP contribution < -0.4 is 19.5 Å². The van der Waals surface area contributed by atoms with Gasteiger partial charge in [0.05, 0.1) is 20.3 Å².